The van der Waals surface area contributed by atoms with Gasteiger partial charge in [-0.25, -0.2) is 0 Å². The van der Waals surface area contributed by atoms with Crippen molar-refractivity contribution in [3.63, 3.8) is 0 Å². The van der Waals surface area contributed by atoms with Gasteiger partial charge in [-0.3, -0.25) is 0 Å². The third kappa shape index (κ3) is 1.40. The van der Waals surface area contributed by atoms with Crippen LogP contribution in [0.3, 0.4) is 0 Å². The molecule has 0 saturated heterocycles. The van der Waals surface area contributed by atoms with Crippen LogP contribution < -0.4 is 0 Å². The number of halogens is 1. The maximum absolute atomic E-state index is 5.03. The van der Waals surface area contributed by atoms with Crippen LogP contribution in [0.15, 0.2) is 15.2 Å². The third-order valence-electron chi connectivity index (χ3n) is 1.21. The first-order chi connectivity index (χ1) is 4.52. The minimum atomic E-state index is 0.0370. The summed E-state index contributed by atoms with van der Waals surface area (Å²) in [5.74, 6) is 0.896. The fraction of sp³-hybridized carbons (Fsp3) is 0.571. The van der Waals surface area contributed by atoms with Gasteiger partial charge >= 0.3 is 0 Å². The number of rotatable bonds is 0. The Morgan fingerprint density at radius 3 is 2.30 bits per heavy atom. The Morgan fingerprint density at radius 1 is 1.50 bits per heavy atom. The molecule has 2 nitrogen and oxygen atoms in total. The molecule has 0 unspecified atom stereocenters. The van der Waals surface area contributed by atoms with Crippen LogP contribution in [0, 0.1) is 0 Å². The molecule has 0 atom stereocenters. The summed E-state index contributed by atoms with van der Waals surface area (Å²) in [4.78, 5) is 0. The second-order valence-electron chi connectivity index (χ2n) is 3.25. The van der Waals surface area contributed by atoms with Crippen LogP contribution in [0.5, 0.6) is 0 Å². The molecule has 1 aromatic rings. The van der Waals surface area contributed by atoms with Crippen molar-refractivity contribution >= 4 is 15.9 Å². The van der Waals surface area contributed by atoms with Crippen molar-refractivity contribution in [2.75, 3.05) is 0 Å². The van der Waals surface area contributed by atoms with E-state index in [1.54, 1.807) is 6.20 Å². The first-order valence-electron chi connectivity index (χ1n) is 3.12. The molecule has 0 radical (unpaired) electrons. The summed E-state index contributed by atoms with van der Waals surface area (Å²) in [6.07, 6.45) is 1.67. The number of hydrogen-bond acceptors (Lipinski definition) is 2. The van der Waals surface area contributed by atoms with E-state index in [4.69, 9.17) is 4.52 Å². The van der Waals surface area contributed by atoms with E-state index in [2.05, 4.69) is 41.9 Å². The summed E-state index contributed by atoms with van der Waals surface area (Å²) in [5.41, 5.74) is 0.0370. The normalized spacial score (nSPS) is 12.0. The molecule has 56 valence electrons. The van der Waals surface area contributed by atoms with Gasteiger partial charge in [-0.2, -0.15) is 0 Å². The molecule has 10 heavy (non-hydrogen) atoms. The second kappa shape index (κ2) is 2.38. The number of nitrogens with zero attached hydrogens (tertiary/aromatic N) is 1. The fourth-order valence-electron chi connectivity index (χ4n) is 0.723. The maximum Gasteiger partial charge on any atom is 0.156 e. The molecule has 0 N–H and O–H groups in total. The van der Waals surface area contributed by atoms with Crippen LogP contribution >= 0.6 is 15.9 Å². The van der Waals surface area contributed by atoms with E-state index in [1.807, 2.05) is 0 Å². The Balaban J connectivity index is 3.05. The lowest BCUT2D eigenvalue weighted by atomic mass is 9.94. The summed E-state index contributed by atoms with van der Waals surface area (Å²) in [6, 6.07) is 0. The highest BCUT2D eigenvalue weighted by Crippen LogP contribution is 2.28. The van der Waals surface area contributed by atoms with Crippen molar-refractivity contribution in [2.45, 2.75) is 26.2 Å². The first kappa shape index (κ1) is 7.79. The Morgan fingerprint density at radius 2 is 2.10 bits per heavy atom. The molecule has 1 heterocycles. The van der Waals surface area contributed by atoms with Gasteiger partial charge < -0.3 is 4.52 Å². The molecule has 0 aliphatic carbocycles. The Bertz CT molecular complexity index is 224. The summed E-state index contributed by atoms with van der Waals surface area (Å²) < 4.78 is 5.98. The first-order valence-corrected chi connectivity index (χ1v) is 3.92. The summed E-state index contributed by atoms with van der Waals surface area (Å²) in [5, 5.41) is 3.67. The van der Waals surface area contributed by atoms with Gasteiger partial charge in [0, 0.05) is 5.41 Å². The second-order valence-corrected chi connectivity index (χ2v) is 4.11. The highest BCUT2D eigenvalue weighted by Gasteiger charge is 2.21. The zero-order valence-electron chi connectivity index (χ0n) is 6.31. The van der Waals surface area contributed by atoms with Gasteiger partial charge in [0.2, 0.25) is 0 Å². The average Bonchev–Trinajstić information content (AvgIpc) is 2.11. The molecule has 0 aliphatic rings. The summed E-state index contributed by atoms with van der Waals surface area (Å²) >= 11 is 3.35. The average molecular weight is 204 g/mol. The molecule has 0 spiro atoms. The molecule has 3 heteroatoms. The summed E-state index contributed by atoms with van der Waals surface area (Å²) in [7, 11) is 0. The quantitative estimate of drug-likeness (QED) is 0.649. The van der Waals surface area contributed by atoms with E-state index in [1.165, 1.54) is 0 Å². The minimum Gasteiger partial charge on any atom is -0.360 e. The monoisotopic (exact) mass is 203 g/mol. The Kier molecular flexibility index (Phi) is 1.86. The molecule has 1 aromatic heterocycles. The molecular formula is C7H10BrNO. The maximum atomic E-state index is 5.03. The molecule has 1 rings (SSSR count). The van der Waals surface area contributed by atoms with Crippen LogP contribution in [0.25, 0.3) is 0 Å². The van der Waals surface area contributed by atoms with Gasteiger partial charge in [-0.15, -0.1) is 0 Å². The zero-order chi connectivity index (χ0) is 7.78. The van der Waals surface area contributed by atoms with Crippen LogP contribution in [0.1, 0.15) is 26.5 Å². The largest absolute Gasteiger partial charge is 0.360 e. The molecule has 0 amide bonds. The topological polar surface area (TPSA) is 26.0 Å². The number of hydrogen-bond donors (Lipinski definition) is 0. The van der Waals surface area contributed by atoms with Crippen LogP contribution in [-0.2, 0) is 5.41 Å². The van der Waals surface area contributed by atoms with Gasteiger partial charge in [0.05, 0.1) is 10.7 Å². The zero-order valence-corrected chi connectivity index (χ0v) is 7.90. The lowest BCUT2D eigenvalue weighted by Gasteiger charge is -2.13. The highest BCUT2D eigenvalue weighted by molar-refractivity contribution is 9.10. The number of aromatic nitrogens is 1. The van der Waals surface area contributed by atoms with Gasteiger partial charge in [0.1, 0.15) is 0 Å². The summed E-state index contributed by atoms with van der Waals surface area (Å²) in [6.45, 7) is 6.24. The van der Waals surface area contributed by atoms with Crippen molar-refractivity contribution in [3.05, 3.63) is 16.4 Å². The van der Waals surface area contributed by atoms with E-state index < -0.39 is 0 Å². The minimum absolute atomic E-state index is 0.0370. The van der Waals surface area contributed by atoms with E-state index in [0.717, 1.165) is 10.2 Å². The van der Waals surface area contributed by atoms with E-state index in [0.29, 0.717) is 0 Å². The van der Waals surface area contributed by atoms with Crippen molar-refractivity contribution in [1.82, 2.24) is 5.16 Å². The fourth-order valence-corrected chi connectivity index (χ4v) is 1.47. The van der Waals surface area contributed by atoms with Crippen LogP contribution in [0.4, 0.5) is 0 Å². The van der Waals surface area contributed by atoms with Gasteiger partial charge in [0.15, 0.2) is 5.76 Å². The smallest absolute Gasteiger partial charge is 0.156 e. The molecule has 0 bridgehead atoms. The van der Waals surface area contributed by atoms with Crippen molar-refractivity contribution in [3.8, 4) is 0 Å². The van der Waals surface area contributed by atoms with E-state index in [9.17, 15) is 0 Å². The standard InChI is InChI=1S/C7H10BrNO/c1-7(2,3)6-5(8)4-9-10-6/h4H,1-3H3. The molecule has 0 aliphatic heterocycles. The highest BCUT2D eigenvalue weighted by atomic mass is 79.9. The predicted molar refractivity (Wildman–Crippen MR) is 42.9 cm³/mol. The lowest BCUT2D eigenvalue weighted by molar-refractivity contribution is 0.328. The van der Waals surface area contributed by atoms with Gasteiger partial charge in [-0.1, -0.05) is 25.9 Å². The molecule has 0 aromatic carbocycles. The van der Waals surface area contributed by atoms with Crippen molar-refractivity contribution in [1.29, 1.82) is 0 Å². The van der Waals surface area contributed by atoms with Crippen LogP contribution in [0.2, 0.25) is 0 Å². The third-order valence-corrected chi connectivity index (χ3v) is 1.77. The Labute approximate surface area is 68.7 Å². The molecular weight excluding hydrogens is 194 g/mol. The lowest BCUT2D eigenvalue weighted by Crippen LogP contribution is -2.09. The Hall–Kier alpha value is -0.310. The SMILES string of the molecule is CC(C)(C)c1oncc1Br. The van der Waals surface area contributed by atoms with E-state index in [-0.39, 0.29) is 5.41 Å². The molecule has 0 saturated carbocycles. The van der Waals surface area contributed by atoms with Gasteiger partial charge in [0.25, 0.3) is 0 Å². The van der Waals surface area contributed by atoms with E-state index >= 15 is 0 Å². The van der Waals surface area contributed by atoms with Gasteiger partial charge in [-0.05, 0) is 15.9 Å². The van der Waals surface area contributed by atoms with Crippen molar-refractivity contribution < 1.29 is 4.52 Å². The van der Waals surface area contributed by atoms with Crippen molar-refractivity contribution in [2.24, 2.45) is 0 Å². The molecule has 0 fully saturated rings. The van der Waals surface area contributed by atoms with Crippen LogP contribution in [-0.4, -0.2) is 5.16 Å². The predicted octanol–water partition coefficient (Wildman–Crippen LogP) is 2.73.